The molecule has 0 unspecified atom stereocenters. The first kappa shape index (κ1) is 20.1. The maximum atomic E-state index is 12.9. The van der Waals surface area contributed by atoms with Gasteiger partial charge in [-0.15, -0.1) is 10.2 Å². The number of aromatic nitrogens is 2. The third kappa shape index (κ3) is 5.41. The lowest BCUT2D eigenvalue weighted by molar-refractivity contribution is -0.113. The molecule has 2 aromatic rings. The second-order valence-corrected chi connectivity index (χ2v) is 10.3. The quantitative estimate of drug-likeness (QED) is 0.680. The number of carbonyl (C=O) groups excluding carboxylic acids is 1. The standard InChI is InChI=1S/C16H21N5O3S3/c17-15-19-20-16(26-15)25-11-14(22)18-12-6-5-7-13(10-12)27(23,24)21-8-3-1-2-4-9-21/h5-7,10H,1-4,8-9,11H2,(H2,17,19)(H,18,22). The Labute approximate surface area is 166 Å². The Bertz CT molecular complexity index is 892. The molecular formula is C16H21N5O3S3. The number of hydrogen-bond donors (Lipinski definition) is 2. The number of nitrogens with zero attached hydrogens (tertiary/aromatic N) is 3. The van der Waals surface area contributed by atoms with Gasteiger partial charge >= 0.3 is 0 Å². The average Bonchev–Trinajstić information content (AvgIpc) is 2.88. The Hall–Kier alpha value is -1.69. The molecule has 1 aromatic heterocycles. The molecule has 11 heteroatoms. The van der Waals surface area contributed by atoms with Crippen LogP contribution in [0.15, 0.2) is 33.5 Å². The van der Waals surface area contributed by atoms with Crippen molar-refractivity contribution in [3.63, 3.8) is 0 Å². The smallest absolute Gasteiger partial charge is 0.243 e. The molecule has 0 atom stereocenters. The summed E-state index contributed by atoms with van der Waals surface area (Å²) in [6, 6.07) is 6.38. The number of amides is 1. The van der Waals surface area contributed by atoms with Gasteiger partial charge in [-0.25, -0.2) is 8.42 Å². The molecule has 0 saturated carbocycles. The number of nitrogens with one attached hydrogen (secondary N) is 1. The maximum absolute atomic E-state index is 12.9. The van der Waals surface area contributed by atoms with Gasteiger partial charge < -0.3 is 11.1 Å². The maximum Gasteiger partial charge on any atom is 0.243 e. The SMILES string of the molecule is Nc1nnc(SCC(=O)Nc2cccc(S(=O)(=O)N3CCCCCC3)c2)s1. The van der Waals surface area contributed by atoms with Crippen LogP contribution in [0.3, 0.4) is 0 Å². The monoisotopic (exact) mass is 427 g/mol. The van der Waals surface area contributed by atoms with Crippen molar-refractivity contribution in [2.24, 2.45) is 0 Å². The van der Waals surface area contributed by atoms with E-state index >= 15 is 0 Å². The van der Waals surface area contributed by atoms with Gasteiger partial charge in [0.05, 0.1) is 10.6 Å². The fourth-order valence-corrected chi connectivity index (χ4v) is 5.77. The van der Waals surface area contributed by atoms with Gasteiger partial charge in [0.1, 0.15) is 0 Å². The molecule has 27 heavy (non-hydrogen) atoms. The zero-order valence-electron chi connectivity index (χ0n) is 14.6. The lowest BCUT2D eigenvalue weighted by Gasteiger charge is -2.20. The molecule has 0 radical (unpaired) electrons. The van der Waals surface area contributed by atoms with Crippen molar-refractivity contribution < 1.29 is 13.2 Å². The molecule has 1 amide bonds. The highest BCUT2D eigenvalue weighted by Crippen LogP contribution is 2.25. The van der Waals surface area contributed by atoms with Gasteiger partial charge in [0.2, 0.25) is 21.1 Å². The molecule has 1 aliphatic rings. The second kappa shape index (κ2) is 9.00. The molecule has 1 saturated heterocycles. The Balaban J connectivity index is 1.64. The third-order valence-corrected chi connectivity index (χ3v) is 7.85. The van der Waals surface area contributed by atoms with Gasteiger partial charge in [0.25, 0.3) is 0 Å². The summed E-state index contributed by atoms with van der Waals surface area (Å²) in [5.74, 6) is -0.115. The first-order valence-electron chi connectivity index (χ1n) is 8.57. The van der Waals surface area contributed by atoms with Crippen LogP contribution in [0.5, 0.6) is 0 Å². The highest BCUT2D eigenvalue weighted by Gasteiger charge is 2.25. The van der Waals surface area contributed by atoms with Crippen LogP contribution in [0.2, 0.25) is 0 Å². The normalized spacial score (nSPS) is 16.0. The summed E-state index contributed by atoms with van der Waals surface area (Å²) in [4.78, 5) is 12.3. The van der Waals surface area contributed by atoms with E-state index < -0.39 is 10.0 Å². The number of sulfonamides is 1. The van der Waals surface area contributed by atoms with Crippen molar-refractivity contribution >= 4 is 49.8 Å². The number of benzene rings is 1. The largest absolute Gasteiger partial charge is 0.374 e. The fourth-order valence-electron chi connectivity index (χ4n) is 2.77. The minimum absolute atomic E-state index is 0.137. The summed E-state index contributed by atoms with van der Waals surface area (Å²) < 4.78 is 27.9. The van der Waals surface area contributed by atoms with Crippen LogP contribution in [0, 0.1) is 0 Å². The average molecular weight is 428 g/mol. The summed E-state index contributed by atoms with van der Waals surface area (Å²) in [6.45, 7) is 1.08. The molecule has 0 spiro atoms. The van der Waals surface area contributed by atoms with Crippen LogP contribution < -0.4 is 11.1 Å². The van der Waals surface area contributed by atoms with Crippen molar-refractivity contribution in [3.05, 3.63) is 24.3 Å². The number of anilines is 2. The zero-order chi connectivity index (χ0) is 19.3. The molecule has 0 bridgehead atoms. The number of hydrogen-bond acceptors (Lipinski definition) is 8. The topological polar surface area (TPSA) is 118 Å². The zero-order valence-corrected chi connectivity index (χ0v) is 17.1. The molecule has 2 heterocycles. The van der Waals surface area contributed by atoms with Crippen molar-refractivity contribution in [2.75, 3.05) is 29.9 Å². The highest BCUT2D eigenvalue weighted by molar-refractivity contribution is 8.01. The Morgan fingerprint density at radius 2 is 1.96 bits per heavy atom. The highest BCUT2D eigenvalue weighted by atomic mass is 32.2. The lowest BCUT2D eigenvalue weighted by atomic mass is 10.2. The first-order valence-corrected chi connectivity index (χ1v) is 11.8. The first-order chi connectivity index (χ1) is 12.9. The minimum atomic E-state index is -3.55. The van der Waals surface area contributed by atoms with Crippen LogP contribution in [0.25, 0.3) is 0 Å². The van der Waals surface area contributed by atoms with E-state index in [2.05, 4.69) is 15.5 Å². The van der Waals surface area contributed by atoms with Crippen molar-refractivity contribution in [3.8, 4) is 0 Å². The van der Waals surface area contributed by atoms with Crippen molar-refractivity contribution in [2.45, 2.75) is 34.9 Å². The van der Waals surface area contributed by atoms with E-state index in [0.29, 0.717) is 28.2 Å². The van der Waals surface area contributed by atoms with Crippen LogP contribution in [-0.4, -0.2) is 47.7 Å². The van der Waals surface area contributed by atoms with Crippen LogP contribution in [-0.2, 0) is 14.8 Å². The lowest BCUT2D eigenvalue weighted by Crippen LogP contribution is -2.32. The van der Waals surface area contributed by atoms with E-state index in [1.165, 1.54) is 33.5 Å². The Kier molecular flexibility index (Phi) is 6.68. The van der Waals surface area contributed by atoms with Gasteiger partial charge in [0, 0.05) is 18.8 Å². The van der Waals surface area contributed by atoms with Gasteiger partial charge in [-0.3, -0.25) is 4.79 Å². The second-order valence-electron chi connectivity index (χ2n) is 6.09. The Morgan fingerprint density at radius 1 is 1.22 bits per heavy atom. The van der Waals surface area contributed by atoms with Crippen molar-refractivity contribution in [1.29, 1.82) is 0 Å². The van der Waals surface area contributed by atoms with E-state index in [9.17, 15) is 13.2 Å². The number of nitrogens with two attached hydrogens (primary N) is 1. The Morgan fingerprint density at radius 3 is 2.63 bits per heavy atom. The number of thioether (sulfide) groups is 1. The molecule has 8 nitrogen and oxygen atoms in total. The number of nitrogen functional groups attached to an aromatic ring is 1. The summed E-state index contributed by atoms with van der Waals surface area (Å²) in [6.07, 6.45) is 3.87. The predicted molar refractivity (Wildman–Crippen MR) is 107 cm³/mol. The molecule has 1 aromatic carbocycles. The van der Waals surface area contributed by atoms with Crippen LogP contribution in [0.4, 0.5) is 10.8 Å². The summed E-state index contributed by atoms with van der Waals surface area (Å²) in [7, 11) is -3.55. The van der Waals surface area contributed by atoms with E-state index in [1.54, 1.807) is 18.2 Å². The predicted octanol–water partition coefficient (Wildman–Crippen LogP) is 2.42. The van der Waals surface area contributed by atoms with E-state index in [0.717, 1.165) is 25.7 Å². The van der Waals surface area contributed by atoms with Gasteiger partial charge in [0.15, 0.2) is 4.34 Å². The molecule has 3 N–H and O–H groups in total. The van der Waals surface area contributed by atoms with Crippen LogP contribution in [0.1, 0.15) is 25.7 Å². The fraction of sp³-hybridized carbons (Fsp3) is 0.438. The van der Waals surface area contributed by atoms with Gasteiger partial charge in [-0.1, -0.05) is 42.0 Å². The van der Waals surface area contributed by atoms with Gasteiger partial charge in [-0.2, -0.15) is 4.31 Å². The minimum Gasteiger partial charge on any atom is -0.374 e. The van der Waals surface area contributed by atoms with E-state index in [-0.39, 0.29) is 16.6 Å². The molecule has 1 aliphatic heterocycles. The number of carbonyl (C=O) groups is 1. The molecule has 1 fully saturated rings. The van der Waals surface area contributed by atoms with E-state index in [4.69, 9.17) is 5.73 Å². The summed E-state index contributed by atoms with van der Waals surface area (Å²) in [5, 5.41) is 10.6. The van der Waals surface area contributed by atoms with Crippen LogP contribution >= 0.6 is 23.1 Å². The summed E-state index contributed by atoms with van der Waals surface area (Å²) in [5.41, 5.74) is 5.96. The number of rotatable bonds is 6. The molecule has 0 aliphatic carbocycles. The van der Waals surface area contributed by atoms with Gasteiger partial charge in [-0.05, 0) is 31.0 Å². The molecular weight excluding hydrogens is 406 g/mol. The molecule has 3 rings (SSSR count). The molecule has 146 valence electrons. The third-order valence-electron chi connectivity index (χ3n) is 4.07. The van der Waals surface area contributed by atoms with E-state index in [1.807, 2.05) is 0 Å². The van der Waals surface area contributed by atoms with Crippen molar-refractivity contribution in [1.82, 2.24) is 14.5 Å². The summed E-state index contributed by atoms with van der Waals surface area (Å²) >= 11 is 2.44.